The number of aliphatic carboxylic acids is 1. The quantitative estimate of drug-likeness (QED) is 0.365. The molecule has 0 amide bonds. The number of amidine groups is 1. The van der Waals surface area contributed by atoms with Crippen molar-refractivity contribution in [1.82, 2.24) is 0 Å². The van der Waals surface area contributed by atoms with E-state index in [2.05, 4.69) is 10.3 Å². The summed E-state index contributed by atoms with van der Waals surface area (Å²) in [6.07, 6.45) is -0.594. The number of thioether (sulfide) groups is 1. The first kappa shape index (κ1) is 26.6. The minimum atomic E-state index is -3.97. The number of halogens is 2. The number of carboxylic acid groups (broad SMARTS) is 1. The van der Waals surface area contributed by atoms with Gasteiger partial charge in [-0.05, 0) is 59.7 Å². The molecule has 3 aromatic carbocycles. The van der Waals surface area contributed by atoms with Gasteiger partial charge in [-0.25, -0.2) is 17.2 Å². The molecule has 1 heterocycles. The van der Waals surface area contributed by atoms with E-state index in [0.717, 1.165) is 40.8 Å². The molecule has 2 N–H and O–H groups in total. The summed E-state index contributed by atoms with van der Waals surface area (Å²) in [7, 11) is -3.97. The number of benzene rings is 3. The van der Waals surface area contributed by atoms with E-state index >= 15 is 0 Å². The Hall–Kier alpha value is -3.44. The molecule has 7 nitrogen and oxygen atoms in total. The Morgan fingerprint density at radius 2 is 1.81 bits per heavy atom. The highest BCUT2D eigenvalue weighted by molar-refractivity contribution is 8.14. The molecule has 0 spiro atoms. The van der Waals surface area contributed by atoms with Crippen LogP contribution in [0.5, 0.6) is 5.75 Å². The van der Waals surface area contributed by atoms with Gasteiger partial charge < -0.3 is 15.2 Å². The highest BCUT2D eigenvalue weighted by Gasteiger charge is 2.26. The SMILES string of the molecule is O=C(O)CC(CS(=O)(=O)c1ccc(OCc2cccc(NC3=NCCS3)c2)cc1)c1cc(F)cc(F)c1. The second kappa shape index (κ2) is 11.7. The molecule has 0 saturated carbocycles. The van der Waals surface area contributed by atoms with E-state index < -0.39 is 45.5 Å². The van der Waals surface area contributed by atoms with E-state index in [1.807, 2.05) is 24.3 Å². The van der Waals surface area contributed by atoms with Gasteiger partial charge in [-0.2, -0.15) is 0 Å². The number of nitrogens with one attached hydrogen (secondary N) is 1. The maximum Gasteiger partial charge on any atom is 0.303 e. The number of sulfone groups is 1. The average molecular weight is 547 g/mol. The summed E-state index contributed by atoms with van der Waals surface area (Å²) in [5, 5.41) is 13.4. The lowest BCUT2D eigenvalue weighted by atomic mass is 9.97. The van der Waals surface area contributed by atoms with E-state index in [0.29, 0.717) is 11.8 Å². The maximum atomic E-state index is 13.7. The summed E-state index contributed by atoms with van der Waals surface area (Å²) in [5.41, 5.74) is 1.77. The molecule has 0 fully saturated rings. The van der Waals surface area contributed by atoms with Crippen molar-refractivity contribution in [3.05, 3.63) is 89.5 Å². The number of aliphatic imine (C=N–C) groups is 1. The summed E-state index contributed by atoms with van der Waals surface area (Å²) in [6.45, 7) is 1.05. The summed E-state index contributed by atoms with van der Waals surface area (Å²) in [6, 6.07) is 16.0. The van der Waals surface area contributed by atoms with Crippen LogP contribution >= 0.6 is 11.8 Å². The first-order valence-electron chi connectivity index (χ1n) is 11.3. The Balaban J connectivity index is 1.42. The molecule has 0 saturated heterocycles. The van der Waals surface area contributed by atoms with Crippen molar-refractivity contribution >= 4 is 38.4 Å². The number of carbonyl (C=O) groups is 1. The van der Waals surface area contributed by atoms with Crippen molar-refractivity contribution in [1.29, 1.82) is 0 Å². The van der Waals surface area contributed by atoms with Gasteiger partial charge in [-0.15, -0.1) is 0 Å². The molecular weight excluding hydrogens is 522 g/mol. The fourth-order valence-corrected chi connectivity index (χ4v) is 6.17. The van der Waals surface area contributed by atoms with Crippen molar-refractivity contribution in [2.24, 2.45) is 4.99 Å². The van der Waals surface area contributed by atoms with E-state index in [9.17, 15) is 27.1 Å². The standard InChI is InChI=1S/C26H24F2N2O5S2/c27-20-11-18(12-21(28)14-20)19(13-25(31)32)16-37(33,34)24-6-4-23(5-7-24)35-15-17-2-1-3-22(10-17)30-26-29-8-9-36-26/h1-7,10-12,14,19H,8-9,13,15-16H2,(H,29,30)(H,31,32). The molecule has 0 aliphatic carbocycles. The molecule has 3 aromatic rings. The summed E-state index contributed by atoms with van der Waals surface area (Å²) >= 11 is 1.66. The zero-order chi connectivity index (χ0) is 26.4. The lowest BCUT2D eigenvalue weighted by molar-refractivity contribution is -0.137. The van der Waals surface area contributed by atoms with Crippen LogP contribution in [0.4, 0.5) is 14.5 Å². The van der Waals surface area contributed by atoms with Crippen LogP contribution in [0.3, 0.4) is 0 Å². The highest BCUT2D eigenvalue weighted by Crippen LogP contribution is 2.28. The number of anilines is 1. The number of hydrogen-bond acceptors (Lipinski definition) is 7. The van der Waals surface area contributed by atoms with E-state index in [1.54, 1.807) is 11.8 Å². The molecule has 0 aromatic heterocycles. The lowest BCUT2D eigenvalue weighted by Crippen LogP contribution is -2.18. The normalized spacial score (nSPS) is 14.2. The van der Waals surface area contributed by atoms with Crippen LogP contribution in [0.1, 0.15) is 23.5 Å². The van der Waals surface area contributed by atoms with Gasteiger partial charge in [0, 0.05) is 23.4 Å². The van der Waals surface area contributed by atoms with Crippen molar-refractivity contribution in [2.45, 2.75) is 23.8 Å². The van der Waals surface area contributed by atoms with Crippen molar-refractivity contribution in [3.8, 4) is 5.75 Å². The fraction of sp³-hybridized carbons (Fsp3) is 0.231. The van der Waals surface area contributed by atoms with Gasteiger partial charge in [0.05, 0.1) is 23.6 Å². The number of carboxylic acids is 1. The van der Waals surface area contributed by atoms with Crippen molar-refractivity contribution in [3.63, 3.8) is 0 Å². The Morgan fingerprint density at radius 1 is 1.08 bits per heavy atom. The molecule has 194 valence electrons. The van der Waals surface area contributed by atoms with Gasteiger partial charge in [0.25, 0.3) is 0 Å². The van der Waals surface area contributed by atoms with Crippen LogP contribution in [0.2, 0.25) is 0 Å². The number of rotatable bonds is 10. The number of ether oxygens (including phenoxy) is 1. The minimum Gasteiger partial charge on any atom is -0.489 e. The zero-order valence-corrected chi connectivity index (χ0v) is 21.2. The zero-order valence-electron chi connectivity index (χ0n) is 19.6. The molecule has 1 aliphatic rings. The lowest BCUT2D eigenvalue weighted by Gasteiger charge is -2.16. The highest BCUT2D eigenvalue weighted by atomic mass is 32.2. The van der Waals surface area contributed by atoms with E-state index in [1.165, 1.54) is 24.3 Å². The van der Waals surface area contributed by atoms with Crippen molar-refractivity contribution in [2.75, 3.05) is 23.4 Å². The van der Waals surface area contributed by atoms with Crippen LogP contribution < -0.4 is 10.1 Å². The topological polar surface area (TPSA) is 105 Å². The Bertz CT molecular complexity index is 1390. The monoisotopic (exact) mass is 546 g/mol. The molecule has 0 bridgehead atoms. The summed E-state index contributed by atoms with van der Waals surface area (Å²) in [5.74, 6) is -3.43. The predicted molar refractivity (Wildman–Crippen MR) is 139 cm³/mol. The average Bonchev–Trinajstić information content (AvgIpc) is 3.35. The fourth-order valence-electron chi connectivity index (χ4n) is 3.84. The van der Waals surface area contributed by atoms with Gasteiger partial charge in [0.15, 0.2) is 15.0 Å². The molecule has 0 radical (unpaired) electrons. The van der Waals surface area contributed by atoms with Crippen molar-refractivity contribution < 1.29 is 31.8 Å². The first-order valence-corrected chi connectivity index (χ1v) is 14.0. The largest absolute Gasteiger partial charge is 0.489 e. The van der Waals surface area contributed by atoms with Crippen LogP contribution in [0, 0.1) is 11.6 Å². The molecule has 37 heavy (non-hydrogen) atoms. The third kappa shape index (κ3) is 7.53. The molecular formula is C26H24F2N2O5S2. The maximum absolute atomic E-state index is 13.7. The van der Waals surface area contributed by atoms with Crippen LogP contribution in [-0.2, 0) is 21.2 Å². The second-order valence-electron chi connectivity index (χ2n) is 8.40. The van der Waals surface area contributed by atoms with Gasteiger partial charge >= 0.3 is 5.97 Å². The Kier molecular flexibility index (Phi) is 8.45. The molecule has 11 heteroatoms. The van der Waals surface area contributed by atoms with E-state index in [-0.39, 0.29) is 17.1 Å². The minimum absolute atomic E-state index is 0.0289. The molecule has 1 unspecified atom stereocenters. The van der Waals surface area contributed by atoms with Gasteiger partial charge in [-0.1, -0.05) is 23.9 Å². The van der Waals surface area contributed by atoms with Gasteiger partial charge in [0.1, 0.15) is 24.0 Å². The Labute approximate surface area is 217 Å². The number of nitrogens with zero attached hydrogens (tertiary/aromatic N) is 1. The Morgan fingerprint density at radius 3 is 2.46 bits per heavy atom. The number of hydrogen-bond donors (Lipinski definition) is 2. The summed E-state index contributed by atoms with van der Waals surface area (Å²) < 4.78 is 59.1. The van der Waals surface area contributed by atoms with Crippen LogP contribution in [0.15, 0.2) is 76.6 Å². The van der Waals surface area contributed by atoms with Crippen LogP contribution in [0.25, 0.3) is 0 Å². The second-order valence-corrected chi connectivity index (χ2v) is 11.5. The molecule has 1 aliphatic heterocycles. The third-order valence-electron chi connectivity index (χ3n) is 5.55. The van der Waals surface area contributed by atoms with Gasteiger partial charge in [-0.3, -0.25) is 9.79 Å². The smallest absolute Gasteiger partial charge is 0.303 e. The first-order chi connectivity index (χ1) is 17.7. The molecule has 4 rings (SSSR count). The van der Waals surface area contributed by atoms with Crippen LogP contribution in [-0.4, -0.2) is 42.7 Å². The van der Waals surface area contributed by atoms with E-state index in [4.69, 9.17) is 4.74 Å². The predicted octanol–water partition coefficient (Wildman–Crippen LogP) is 5.09. The summed E-state index contributed by atoms with van der Waals surface area (Å²) in [4.78, 5) is 15.6. The molecule has 1 atom stereocenters. The van der Waals surface area contributed by atoms with Gasteiger partial charge in [0.2, 0.25) is 0 Å². The third-order valence-corrected chi connectivity index (χ3v) is 8.27.